The van der Waals surface area contributed by atoms with Crippen LogP contribution in [-0.2, 0) is 16.8 Å². The zero-order valence-corrected chi connectivity index (χ0v) is 16.8. The zero-order valence-electron chi connectivity index (χ0n) is 16.0. The lowest BCUT2D eigenvalue weighted by atomic mass is 9.94. The maximum Gasteiger partial charge on any atom is 0.246 e. The molecule has 0 aliphatic rings. The van der Waals surface area contributed by atoms with Gasteiger partial charge in [-0.25, -0.2) is 15.0 Å². The highest BCUT2D eigenvalue weighted by Crippen LogP contribution is 2.24. The molecular weight excluding hydrogens is 390 g/mol. The second-order valence-corrected chi connectivity index (χ2v) is 8.12. The van der Waals surface area contributed by atoms with Crippen LogP contribution in [0.15, 0.2) is 23.1 Å². The molecule has 0 saturated carbocycles. The molecule has 10 heteroatoms. The predicted octanol–water partition coefficient (Wildman–Crippen LogP) is 3.18. The van der Waals surface area contributed by atoms with Gasteiger partial charge in [-0.2, -0.15) is 10.5 Å². The highest BCUT2D eigenvalue weighted by Gasteiger charge is 2.18. The number of oxazole rings is 1. The summed E-state index contributed by atoms with van der Waals surface area (Å²) in [7, 11) is 0. The molecule has 1 amide bonds. The molecule has 0 aliphatic carbocycles. The van der Waals surface area contributed by atoms with E-state index in [9.17, 15) is 4.79 Å². The number of thiazole rings is 1. The maximum atomic E-state index is 12.2. The second-order valence-electron chi connectivity index (χ2n) is 7.06. The van der Waals surface area contributed by atoms with Crippen LogP contribution in [-0.4, -0.2) is 25.4 Å². The number of anilines is 1. The van der Waals surface area contributed by atoms with E-state index in [2.05, 4.69) is 20.3 Å². The summed E-state index contributed by atoms with van der Waals surface area (Å²) < 4.78 is 7.02. The Morgan fingerprint density at radius 2 is 2.03 bits per heavy atom. The number of hydrogen-bond donors (Lipinski definition) is 1. The molecule has 0 saturated heterocycles. The van der Waals surface area contributed by atoms with Crippen LogP contribution < -0.4 is 5.32 Å². The largest absolute Gasteiger partial charge is 0.441 e. The zero-order chi connectivity index (χ0) is 21.0. The van der Waals surface area contributed by atoms with Crippen molar-refractivity contribution in [3.05, 3.63) is 46.6 Å². The van der Waals surface area contributed by atoms with Gasteiger partial charge in [0.15, 0.2) is 16.5 Å². The number of rotatable bonds is 5. The van der Waals surface area contributed by atoms with E-state index < -0.39 is 0 Å². The van der Waals surface area contributed by atoms with Crippen molar-refractivity contribution >= 4 is 34.5 Å². The summed E-state index contributed by atoms with van der Waals surface area (Å²) in [6.45, 7) is 5.99. The van der Waals surface area contributed by atoms with Crippen LogP contribution in [0.3, 0.4) is 0 Å². The molecule has 3 aromatic rings. The first-order chi connectivity index (χ1) is 13.8. The van der Waals surface area contributed by atoms with Gasteiger partial charge in [-0.15, -0.1) is 0 Å². The van der Waals surface area contributed by atoms with Crippen LogP contribution in [0, 0.1) is 22.7 Å². The molecule has 0 spiro atoms. The lowest BCUT2D eigenvalue weighted by molar-refractivity contribution is -0.116. The number of amides is 1. The first-order valence-corrected chi connectivity index (χ1v) is 9.37. The van der Waals surface area contributed by atoms with Gasteiger partial charge in [-0.05, 0) is 6.08 Å². The summed E-state index contributed by atoms with van der Waals surface area (Å²) >= 11 is 1.28. The Kier molecular flexibility index (Phi) is 5.57. The first-order valence-electron chi connectivity index (χ1n) is 8.55. The molecule has 9 nitrogen and oxygen atoms in total. The third-order valence-corrected chi connectivity index (χ3v) is 4.66. The number of carbonyl (C=O) groups excluding carboxylic acids is 1. The summed E-state index contributed by atoms with van der Waals surface area (Å²) in [6.07, 6.45) is 8.16. The van der Waals surface area contributed by atoms with Gasteiger partial charge in [0.05, 0.1) is 12.5 Å². The van der Waals surface area contributed by atoms with Crippen LogP contribution in [0.5, 0.6) is 0 Å². The molecule has 0 unspecified atom stereocenters. The van der Waals surface area contributed by atoms with E-state index >= 15 is 0 Å². The Balaban J connectivity index is 1.62. The molecule has 0 aromatic carbocycles. The smallest absolute Gasteiger partial charge is 0.246 e. The molecule has 3 rings (SSSR count). The van der Waals surface area contributed by atoms with Crippen molar-refractivity contribution < 1.29 is 9.21 Å². The van der Waals surface area contributed by atoms with E-state index in [4.69, 9.17) is 14.9 Å². The lowest BCUT2D eigenvalue weighted by Gasteiger charge is -2.12. The number of aromatic nitrogens is 4. The molecule has 0 bridgehead atoms. The molecule has 1 N–H and O–H groups in total. The molecule has 29 heavy (non-hydrogen) atoms. The van der Waals surface area contributed by atoms with Gasteiger partial charge in [0.25, 0.3) is 0 Å². The van der Waals surface area contributed by atoms with Crippen LogP contribution in [0.25, 0.3) is 12.2 Å². The summed E-state index contributed by atoms with van der Waals surface area (Å²) in [6, 6.07) is 3.69. The van der Waals surface area contributed by atoms with Crippen molar-refractivity contribution in [1.82, 2.24) is 19.5 Å². The van der Waals surface area contributed by atoms with Gasteiger partial charge in [-0.1, -0.05) is 32.1 Å². The van der Waals surface area contributed by atoms with Crippen LogP contribution in [0.1, 0.15) is 48.7 Å². The van der Waals surface area contributed by atoms with Gasteiger partial charge >= 0.3 is 0 Å². The molecule has 3 aromatic heterocycles. The SMILES string of the molecule is CC(C)(C)c1cnc(C=Cc2cnc(NC(=O)Cn3cnc(C#N)c3C#N)s2)o1. The number of nitrogens with one attached hydrogen (secondary N) is 1. The van der Waals surface area contributed by atoms with Crippen molar-refractivity contribution in [2.75, 3.05) is 5.32 Å². The molecule has 0 fully saturated rings. The molecule has 0 atom stereocenters. The van der Waals surface area contributed by atoms with Crippen molar-refractivity contribution in [3.8, 4) is 12.1 Å². The second kappa shape index (κ2) is 8.09. The molecule has 0 aliphatic heterocycles. The standard InChI is InChI=1S/C19H17N7O2S/c1-19(2,3)15-9-22-17(28-15)5-4-12-8-23-18(29-12)25-16(27)10-26-11-24-13(6-20)14(26)7-21/h4-5,8-9,11H,10H2,1-3H3,(H,23,25,27). The first kappa shape index (κ1) is 20.0. The minimum absolute atomic E-state index is 0.0110. The Morgan fingerprint density at radius 3 is 2.69 bits per heavy atom. The quantitative estimate of drug-likeness (QED) is 0.686. The van der Waals surface area contributed by atoms with Crippen LogP contribution in [0.4, 0.5) is 5.13 Å². The van der Waals surface area contributed by atoms with E-state index in [0.29, 0.717) is 11.0 Å². The maximum absolute atomic E-state index is 12.2. The average molecular weight is 407 g/mol. The van der Waals surface area contributed by atoms with E-state index in [0.717, 1.165) is 10.6 Å². The van der Waals surface area contributed by atoms with Crippen molar-refractivity contribution in [2.45, 2.75) is 32.7 Å². The van der Waals surface area contributed by atoms with Gasteiger partial charge in [0, 0.05) is 22.6 Å². The average Bonchev–Trinajstić information content (AvgIpc) is 3.38. The van der Waals surface area contributed by atoms with Crippen molar-refractivity contribution in [3.63, 3.8) is 0 Å². The molecule has 0 radical (unpaired) electrons. The highest BCUT2D eigenvalue weighted by molar-refractivity contribution is 7.16. The van der Waals surface area contributed by atoms with Gasteiger partial charge in [0.1, 0.15) is 24.4 Å². The van der Waals surface area contributed by atoms with Gasteiger partial charge in [0.2, 0.25) is 11.8 Å². The fourth-order valence-electron chi connectivity index (χ4n) is 2.30. The number of imidazole rings is 1. The minimum atomic E-state index is -0.379. The Bertz CT molecular complexity index is 1150. The van der Waals surface area contributed by atoms with E-state index in [1.165, 1.54) is 22.2 Å². The van der Waals surface area contributed by atoms with E-state index in [1.807, 2.05) is 32.9 Å². The summed E-state index contributed by atoms with van der Waals surface area (Å²) in [4.78, 5) is 25.2. The Labute approximate surface area is 171 Å². The van der Waals surface area contributed by atoms with Crippen LogP contribution >= 0.6 is 11.3 Å². The number of nitriles is 2. The molecule has 146 valence electrons. The Hall–Kier alpha value is -3.76. The summed E-state index contributed by atoms with van der Waals surface area (Å²) in [5.41, 5.74) is -0.0792. The van der Waals surface area contributed by atoms with Crippen molar-refractivity contribution in [2.24, 2.45) is 0 Å². The third-order valence-electron chi connectivity index (χ3n) is 3.79. The van der Waals surface area contributed by atoms with Gasteiger partial charge in [-0.3, -0.25) is 4.79 Å². The third kappa shape index (κ3) is 4.75. The number of hydrogen-bond acceptors (Lipinski definition) is 8. The monoisotopic (exact) mass is 407 g/mol. The highest BCUT2D eigenvalue weighted by atomic mass is 32.1. The summed E-state index contributed by atoms with van der Waals surface area (Å²) in [5, 5.41) is 21.1. The predicted molar refractivity (Wildman–Crippen MR) is 107 cm³/mol. The van der Waals surface area contributed by atoms with Gasteiger partial charge < -0.3 is 14.3 Å². The molecule has 3 heterocycles. The Morgan fingerprint density at radius 1 is 1.24 bits per heavy atom. The molecular formula is C19H17N7O2S. The van der Waals surface area contributed by atoms with Crippen LogP contribution in [0.2, 0.25) is 0 Å². The normalized spacial score (nSPS) is 11.3. The fraction of sp³-hybridized carbons (Fsp3) is 0.263. The number of nitrogens with zero attached hydrogens (tertiary/aromatic N) is 6. The minimum Gasteiger partial charge on any atom is -0.441 e. The van der Waals surface area contributed by atoms with E-state index in [-0.39, 0.29) is 29.3 Å². The van der Waals surface area contributed by atoms with E-state index in [1.54, 1.807) is 24.5 Å². The summed E-state index contributed by atoms with van der Waals surface area (Å²) in [5.74, 6) is 0.910. The topological polar surface area (TPSA) is 133 Å². The number of carbonyl (C=O) groups is 1. The fourth-order valence-corrected chi connectivity index (χ4v) is 3.04. The van der Waals surface area contributed by atoms with Crippen molar-refractivity contribution in [1.29, 1.82) is 10.5 Å². The lowest BCUT2D eigenvalue weighted by Crippen LogP contribution is -2.19.